The Kier molecular flexibility index (Phi) is 7.83. The summed E-state index contributed by atoms with van der Waals surface area (Å²) < 4.78 is 16.8. The highest BCUT2D eigenvalue weighted by Gasteiger charge is 2.15. The van der Waals surface area contributed by atoms with Crippen molar-refractivity contribution in [2.45, 2.75) is 34.3 Å². The molecule has 5 rings (SSSR count). The van der Waals surface area contributed by atoms with Crippen molar-refractivity contribution in [1.29, 1.82) is 0 Å². The molecule has 2 heterocycles. The fraction of sp³-hybridized carbons (Fsp3) is 0.214. The molecule has 0 radical (unpaired) electrons. The van der Waals surface area contributed by atoms with E-state index in [1.807, 2.05) is 64.1 Å². The fourth-order valence-corrected chi connectivity index (χ4v) is 3.53. The lowest BCUT2D eigenvalue weighted by Gasteiger charge is -2.13. The standard InChI is InChI=1S/C26H23N5O4.C2H6/c1-15-4-7-17(8-5-15)25-30-24(35-31-25)13-34-23-12-20-19(11-22(23)33-3)26(28-14-27-20)29-18-9-6-16(2)21(32)10-18;1-2/h4-12,14,32H,13H2,1-3H3,(H,27,28,29);1-2H3. The summed E-state index contributed by atoms with van der Waals surface area (Å²) in [6.45, 7) is 7.93. The van der Waals surface area contributed by atoms with Crippen LogP contribution in [0.5, 0.6) is 17.2 Å². The zero-order chi connectivity index (χ0) is 26.4. The molecule has 0 saturated heterocycles. The molecular weight excluding hydrogens is 470 g/mol. The summed E-state index contributed by atoms with van der Waals surface area (Å²) in [4.78, 5) is 13.1. The van der Waals surface area contributed by atoms with Crippen molar-refractivity contribution in [2.24, 2.45) is 0 Å². The highest BCUT2D eigenvalue weighted by atomic mass is 16.5. The summed E-state index contributed by atoms with van der Waals surface area (Å²) >= 11 is 0. The number of anilines is 2. The number of ether oxygens (including phenoxy) is 2. The second kappa shape index (κ2) is 11.4. The van der Waals surface area contributed by atoms with Gasteiger partial charge in [-0.05, 0) is 31.5 Å². The molecule has 0 aliphatic carbocycles. The highest BCUT2D eigenvalue weighted by Crippen LogP contribution is 2.35. The second-order valence-corrected chi connectivity index (χ2v) is 8.04. The van der Waals surface area contributed by atoms with Crippen molar-refractivity contribution < 1.29 is 19.1 Å². The molecule has 37 heavy (non-hydrogen) atoms. The van der Waals surface area contributed by atoms with Crippen LogP contribution in [0.4, 0.5) is 11.5 Å². The molecule has 0 atom stereocenters. The number of hydrogen-bond acceptors (Lipinski definition) is 9. The Morgan fingerprint density at radius 3 is 2.46 bits per heavy atom. The monoisotopic (exact) mass is 499 g/mol. The van der Waals surface area contributed by atoms with Gasteiger partial charge < -0.3 is 24.4 Å². The normalized spacial score (nSPS) is 10.5. The van der Waals surface area contributed by atoms with Crippen LogP contribution >= 0.6 is 0 Å². The largest absolute Gasteiger partial charge is 0.508 e. The topological polar surface area (TPSA) is 115 Å². The molecular formula is C28H29N5O4. The molecule has 0 aliphatic heterocycles. The Bertz CT molecular complexity index is 1500. The van der Waals surface area contributed by atoms with Gasteiger partial charge in [-0.3, -0.25) is 0 Å². The minimum absolute atomic E-state index is 0.0690. The summed E-state index contributed by atoms with van der Waals surface area (Å²) in [5, 5.41) is 18.0. The fourth-order valence-electron chi connectivity index (χ4n) is 3.53. The van der Waals surface area contributed by atoms with E-state index in [-0.39, 0.29) is 12.4 Å². The van der Waals surface area contributed by atoms with Crippen LogP contribution in [-0.4, -0.2) is 32.3 Å². The third-order valence-electron chi connectivity index (χ3n) is 5.52. The predicted octanol–water partition coefficient (Wildman–Crippen LogP) is 6.36. The Labute approximate surface area is 215 Å². The average molecular weight is 500 g/mol. The van der Waals surface area contributed by atoms with Crippen LogP contribution in [0.25, 0.3) is 22.3 Å². The van der Waals surface area contributed by atoms with Gasteiger partial charge in [0, 0.05) is 28.8 Å². The number of nitrogens with zero attached hydrogens (tertiary/aromatic N) is 4. The third kappa shape index (κ3) is 5.78. The van der Waals surface area contributed by atoms with Crippen LogP contribution in [0.3, 0.4) is 0 Å². The first-order chi connectivity index (χ1) is 18.0. The maximum absolute atomic E-state index is 10.0. The molecule has 9 heteroatoms. The minimum atomic E-state index is 0.0690. The lowest BCUT2D eigenvalue weighted by molar-refractivity contribution is 0.234. The molecule has 190 valence electrons. The lowest BCUT2D eigenvalue weighted by atomic mass is 10.1. The number of phenols is 1. The van der Waals surface area contributed by atoms with Gasteiger partial charge in [-0.25, -0.2) is 9.97 Å². The van der Waals surface area contributed by atoms with Gasteiger partial charge in [0.05, 0.1) is 12.6 Å². The smallest absolute Gasteiger partial charge is 0.264 e. The number of nitrogens with one attached hydrogen (secondary N) is 1. The van der Waals surface area contributed by atoms with E-state index in [4.69, 9.17) is 14.0 Å². The molecule has 3 aromatic carbocycles. The van der Waals surface area contributed by atoms with Crippen molar-refractivity contribution in [3.05, 3.63) is 77.9 Å². The molecule has 2 aromatic heterocycles. The van der Waals surface area contributed by atoms with Crippen LogP contribution in [0.15, 0.2) is 65.4 Å². The van der Waals surface area contributed by atoms with Gasteiger partial charge in [0.2, 0.25) is 5.82 Å². The molecule has 9 nitrogen and oxygen atoms in total. The van der Waals surface area contributed by atoms with E-state index in [9.17, 15) is 5.11 Å². The Morgan fingerprint density at radius 1 is 0.946 bits per heavy atom. The minimum Gasteiger partial charge on any atom is -0.508 e. The summed E-state index contributed by atoms with van der Waals surface area (Å²) in [5.41, 5.74) is 4.17. The van der Waals surface area contributed by atoms with Crippen molar-refractivity contribution in [1.82, 2.24) is 20.1 Å². The maximum atomic E-state index is 10.0. The number of phenolic OH excluding ortho intramolecular Hbond substituents is 1. The molecule has 0 amide bonds. The first kappa shape index (κ1) is 25.4. The summed E-state index contributed by atoms with van der Waals surface area (Å²) in [6.07, 6.45) is 1.46. The number of methoxy groups -OCH3 is 1. The number of aromatic nitrogens is 4. The molecule has 0 bridgehead atoms. The summed E-state index contributed by atoms with van der Waals surface area (Å²) in [6, 6.07) is 16.8. The molecule has 0 aliphatic rings. The van der Waals surface area contributed by atoms with E-state index in [1.54, 1.807) is 25.3 Å². The van der Waals surface area contributed by atoms with Crippen molar-refractivity contribution in [3.63, 3.8) is 0 Å². The van der Waals surface area contributed by atoms with Gasteiger partial charge in [0.1, 0.15) is 17.9 Å². The Morgan fingerprint density at radius 2 is 1.73 bits per heavy atom. The number of benzene rings is 3. The maximum Gasteiger partial charge on any atom is 0.264 e. The first-order valence-corrected chi connectivity index (χ1v) is 11.9. The van der Waals surface area contributed by atoms with E-state index in [2.05, 4.69) is 25.4 Å². The molecule has 0 fully saturated rings. The number of aromatic hydroxyl groups is 1. The van der Waals surface area contributed by atoms with Gasteiger partial charge in [-0.2, -0.15) is 4.98 Å². The number of rotatable bonds is 7. The van der Waals surface area contributed by atoms with Crippen molar-refractivity contribution in [3.8, 4) is 28.6 Å². The second-order valence-electron chi connectivity index (χ2n) is 8.04. The average Bonchev–Trinajstić information content (AvgIpc) is 3.40. The Balaban J connectivity index is 0.00000156. The SMILES string of the molecule is CC.COc1cc2c(Nc3ccc(C)c(O)c3)ncnc2cc1OCc1nc(-c2ccc(C)cc2)no1. The third-order valence-corrected chi connectivity index (χ3v) is 5.52. The van der Waals surface area contributed by atoms with Crippen molar-refractivity contribution >= 4 is 22.4 Å². The Hall–Kier alpha value is -4.66. The van der Waals surface area contributed by atoms with Crippen LogP contribution in [0, 0.1) is 13.8 Å². The molecule has 5 aromatic rings. The van der Waals surface area contributed by atoms with Crippen molar-refractivity contribution in [2.75, 3.05) is 12.4 Å². The van der Waals surface area contributed by atoms with E-state index in [0.29, 0.717) is 40.2 Å². The van der Waals surface area contributed by atoms with E-state index >= 15 is 0 Å². The van der Waals surface area contributed by atoms with Gasteiger partial charge >= 0.3 is 0 Å². The highest BCUT2D eigenvalue weighted by molar-refractivity contribution is 5.93. The zero-order valence-electron chi connectivity index (χ0n) is 21.4. The lowest BCUT2D eigenvalue weighted by Crippen LogP contribution is -2.00. The number of hydrogen-bond donors (Lipinski definition) is 2. The van der Waals surface area contributed by atoms with E-state index in [0.717, 1.165) is 22.1 Å². The summed E-state index contributed by atoms with van der Waals surface area (Å²) in [5.74, 6) is 2.59. The number of fused-ring (bicyclic) bond motifs is 1. The predicted molar refractivity (Wildman–Crippen MR) is 142 cm³/mol. The van der Waals surface area contributed by atoms with Crippen LogP contribution in [0.2, 0.25) is 0 Å². The van der Waals surface area contributed by atoms with Crippen LogP contribution in [-0.2, 0) is 6.61 Å². The first-order valence-electron chi connectivity index (χ1n) is 11.9. The van der Waals surface area contributed by atoms with Crippen LogP contribution in [0.1, 0.15) is 30.9 Å². The van der Waals surface area contributed by atoms with Gasteiger partial charge in [-0.15, -0.1) is 0 Å². The molecule has 0 spiro atoms. The van der Waals surface area contributed by atoms with Crippen LogP contribution < -0.4 is 14.8 Å². The quantitative estimate of drug-likeness (QED) is 0.264. The molecule has 0 unspecified atom stereocenters. The molecule has 2 N–H and O–H groups in total. The summed E-state index contributed by atoms with van der Waals surface area (Å²) in [7, 11) is 1.56. The van der Waals surface area contributed by atoms with E-state index < -0.39 is 0 Å². The van der Waals surface area contributed by atoms with Gasteiger partial charge in [0.25, 0.3) is 5.89 Å². The molecule has 0 saturated carbocycles. The van der Waals surface area contributed by atoms with Gasteiger partial charge in [0.15, 0.2) is 18.1 Å². The van der Waals surface area contributed by atoms with E-state index in [1.165, 1.54) is 6.33 Å². The number of aryl methyl sites for hydroxylation is 2. The van der Waals surface area contributed by atoms with Gasteiger partial charge in [-0.1, -0.05) is 54.9 Å². The zero-order valence-corrected chi connectivity index (χ0v) is 21.4.